The largest absolute Gasteiger partial charge is 0.396 e. The van der Waals surface area contributed by atoms with Crippen molar-refractivity contribution in [3.05, 3.63) is 36.0 Å². The fourth-order valence-electron chi connectivity index (χ4n) is 3.38. The van der Waals surface area contributed by atoms with Crippen LogP contribution in [-0.2, 0) is 0 Å². The maximum atomic E-state index is 9.46. The van der Waals surface area contributed by atoms with Gasteiger partial charge in [0.2, 0.25) is 0 Å². The van der Waals surface area contributed by atoms with Crippen LogP contribution >= 0.6 is 0 Å². The van der Waals surface area contributed by atoms with E-state index in [1.807, 2.05) is 0 Å². The fraction of sp³-hybridized carbons (Fsp3) is 0.529. The van der Waals surface area contributed by atoms with Gasteiger partial charge in [-0.05, 0) is 24.5 Å². The van der Waals surface area contributed by atoms with Crippen LogP contribution in [0.25, 0.3) is 10.9 Å². The third-order valence-corrected chi connectivity index (χ3v) is 4.54. The normalized spacial score (nSPS) is 18.8. The average Bonchev–Trinajstić information content (AvgIpc) is 2.87. The highest BCUT2D eigenvalue weighted by atomic mass is 16.3. The smallest absolute Gasteiger partial charge is 0.0497 e. The van der Waals surface area contributed by atoms with Gasteiger partial charge < -0.3 is 9.67 Å². The van der Waals surface area contributed by atoms with E-state index in [0.717, 1.165) is 0 Å². The molecule has 3 rings (SSSR count). The maximum absolute atomic E-state index is 9.46. The molecule has 1 aliphatic carbocycles. The summed E-state index contributed by atoms with van der Waals surface area (Å²) in [5, 5.41) is 10.8. The number of aliphatic hydroxyl groups is 1. The number of hydrogen-bond acceptors (Lipinski definition) is 1. The second-order valence-corrected chi connectivity index (χ2v) is 5.88. The topological polar surface area (TPSA) is 25.2 Å². The van der Waals surface area contributed by atoms with E-state index in [0.29, 0.717) is 6.04 Å². The number of fused-ring (bicyclic) bond motifs is 1. The Balaban J connectivity index is 2.08. The highest BCUT2D eigenvalue weighted by Crippen LogP contribution is 2.35. The van der Waals surface area contributed by atoms with Crippen LogP contribution in [0.3, 0.4) is 0 Å². The van der Waals surface area contributed by atoms with E-state index in [1.165, 1.54) is 48.6 Å². The van der Waals surface area contributed by atoms with Gasteiger partial charge in [-0.15, -0.1) is 0 Å². The summed E-state index contributed by atoms with van der Waals surface area (Å²) in [4.78, 5) is 0. The second-order valence-electron chi connectivity index (χ2n) is 5.88. The van der Waals surface area contributed by atoms with E-state index in [2.05, 4.69) is 42.0 Å². The summed E-state index contributed by atoms with van der Waals surface area (Å²) < 4.78 is 2.47. The van der Waals surface area contributed by atoms with Gasteiger partial charge in [0.25, 0.3) is 0 Å². The molecule has 102 valence electrons. The number of para-hydroxylation sites is 1. The quantitative estimate of drug-likeness (QED) is 0.874. The number of aromatic nitrogens is 1. The first-order valence-corrected chi connectivity index (χ1v) is 7.51. The van der Waals surface area contributed by atoms with Crippen molar-refractivity contribution in [3.8, 4) is 0 Å². The molecular formula is C17H23NO. The van der Waals surface area contributed by atoms with E-state index in [-0.39, 0.29) is 12.5 Å². The molecule has 1 unspecified atom stereocenters. The second kappa shape index (κ2) is 5.38. The SMILES string of the molecule is CC(CO)c1cn(C2CCCCC2)c2ccccc12. The molecule has 0 aliphatic heterocycles. The molecule has 2 aromatic rings. The van der Waals surface area contributed by atoms with Gasteiger partial charge >= 0.3 is 0 Å². The molecule has 1 atom stereocenters. The highest BCUT2D eigenvalue weighted by molar-refractivity contribution is 5.84. The lowest BCUT2D eigenvalue weighted by molar-refractivity contribution is 0.273. The van der Waals surface area contributed by atoms with Gasteiger partial charge in [0.1, 0.15) is 0 Å². The van der Waals surface area contributed by atoms with Crippen molar-refractivity contribution >= 4 is 10.9 Å². The van der Waals surface area contributed by atoms with Crippen LogP contribution in [0, 0.1) is 0 Å². The van der Waals surface area contributed by atoms with E-state index in [4.69, 9.17) is 0 Å². The molecular weight excluding hydrogens is 234 g/mol. The zero-order valence-corrected chi connectivity index (χ0v) is 11.7. The van der Waals surface area contributed by atoms with Gasteiger partial charge in [-0.2, -0.15) is 0 Å². The van der Waals surface area contributed by atoms with Crippen molar-refractivity contribution in [3.63, 3.8) is 0 Å². The van der Waals surface area contributed by atoms with E-state index < -0.39 is 0 Å². The highest BCUT2D eigenvalue weighted by Gasteiger charge is 2.20. The summed E-state index contributed by atoms with van der Waals surface area (Å²) in [5.74, 6) is 0.217. The summed E-state index contributed by atoms with van der Waals surface area (Å²) in [6.07, 6.45) is 8.97. The van der Waals surface area contributed by atoms with Crippen LogP contribution in [0.15, 0.2) is 30.5 Å². The van der Waals surface area contributed by atoms with Crippen LogP contribution < -0.4 is 0 Å². The van der Waals surface area contributed by atoms with Gasteiger partial charge in [-0.3, -0.25) is 0 Å². The predicted molar refractivity (Wildman–Crippen MR) is 79.6 cm³/mol. The Morgan fingerprint density at radius 2 is 1.95 bits per heavy atom. The van der Waals surface area contributed by atoms with Crippen LogP contribution in [0.2, 0.25) is 0 Å². The van der Waals surface area contributed by atoms with Crippen LogP contribution in [0.4, 0.5) is 0 Å². The summed E-state index contributed by atoms with van der Waals surface area (Å²) in [7, 11) is 0. The first kappa shape index (κ1) is 12.7. The Labute approximate surface area is 115 Å². The summed E-state index contributed by atoms with van der Waals surface area (Å²) in [6.45, 7) is 2.33. The average molecular weight is 257 g/mol. The molecule has 0 spiro atoms. The van der Waals surface area contributed by atoms with Crippen molar-refractivity contribution in [2.75, 3.05) is 6.61 Å². The van der Waals surface area contributed by atoms with E-state index in [1.54, 1.807) is 0 Å². The van der Waals surface area contributed by atoms with Crippen molar-refractivity contribution in [2.45, 2.75) is 51.0 Å². The van der Waals surface area contributed by atoms with E-state index >= 15 is 0 Å². The molecule has 1 N–H and O–H groups in total. The van der Waals surface area contributed by atoms with Gasteiger partial charge in [-0.25, -0.2) is 0 Å². The van der Waals surface area contributed by atoms with Crippen molar-refractivity contribution < 1.29 is 5.11 Å². The van der Waals surface area contributed by atoms with Crippen molar-refractivity contribution in [1.29, 1.82) is 0 Å². The molecule has 19 heavy (non-hydrogen) atoms. The molecule has 0 amide bonds. The lowest BCUT2D eigenvalue weighted by Crippen LogP contribution is -2.11. The summed E-state index contributed by atoms with van der Waals surface area (Å²) >= 11 is 0. The van der Waals surface area contributed by atoms with Gasteiger partial charge in [0, 0.05) is 35.7 Å². The number of nitrogens with zero attached hydrogens (tertiary/aromatic N) is 1. The number of aliphatic hydroxyl groups excluding tert-OH is 1. The molecule has 1 saturated carbocycles. The Hall–Kier alpha value is -1.28. The molecule has 1 aromatic heterocycles. The van der Waals surface area contributed by atoms with Gasteiger partial charge in [0.15, 0.2) is 0 Å². The molecule has 2 heteroatoms. The molecule has 2 nitrogen and oxygen atoms in total. The minimum Gasteiger partial charge on any atom is -0.396 e. The number of benzene rings is 1. The first-order chi connectivity index (χ1) is 9.31. The fourth-order valence-corrected chi connectivity index (χ4v) is 3.38. The Bertz CT molecular complexity index is 551. The molecule has 0 saturated heterocycles. The minimum absolute atomic E-state index is 0.217. The molecule has 0 bridgehead atoms. The van der Waals surface area contributed by atoms with Crippen molar-refractivity contribution in [2.24, 2.45) is 0 Å². The lowest BCUT2D eigenvalue weighted by atomic mass is 9.95. The number of rotatable bonds is 3. The van der Waals surface area contributed by atoms with Gasteiger partial charge in [0.05, 0.1) is 0 Å². The Morgan fingerprint density at radius 1 is 1.21 bits per heavy atom. The maximum Gasteiger partial charge on any atom is 0.0497 e. The van der Waals surface area contributed by atoms with Crippen LogP contribution in [0.1, 0.15) is 56.6 Å². The molecule has 0 radical (unpaired) electrons. The third-order valence-electron chi connectivity index (χ3n) is 4.54. The minimum atomic E-state index is 0.217. The zero-order valence-electron chi connectivity index (χ0n) is 11.7. The zero-order chi connectivity index (χ0) is 13.2. The number of hydrogen-bond donors (Lipinski definition) is 1. The molecule has 1 aromatic carbocycles. The summed E-state index contributed by atoms with van der Waals surface area (Å²) in [5.41, 5.74) is 2.63. The summed E-state index contributed by atoms with van der Waals surface area (Å²) in [6, 6.07) is 9.28. The van der Waals surface area contributed by atoms with Crippen molar-refractivity contribution in [1.82, 2.24) is 4.57 Å². The molecule has 1 aliphatic rings. The predicted octanol–water partition coefficient (Wildman–Crippen LogP) is 4.24. The van der Waals surface area contributed by atoms with Gasteiger partial charge in [-0.1, -0.05) is 44.4 Å². The monoisotopic (exact) mass is 257 g/mol. The van der Waals surface area contributed by atoms with Crippen LogP contribution in [-0.4, -0.2) is 16.3 Å². The standard InChI is InChI=1S/C17H23NO/c1-13(12-19)16-11-18(14-7-3-2-4-8-14)17-10-6-5-9-15(16)17/h5-6,9-11,13-14,19H,2-4,7-8,12H2,1H3. The first-order valence-electron chi connectivity index (χ1n) is 7.51. The molecule has 1 heterocycles. The Morgan fingerprint density at radius 3 is 2.68 bits per heavy atom. The molecule has 1 fully saturated rings. The lowest BCUT2D eigenvalue weighted by Gasteiger charge is -2.24. The third kappa shape index (κ3) is 2.30. The van der Waals surface area contributed by atoms with Crippen LogP contribution in [0.5, 0.6) is 0 Å². The Kier molecular flexibility index (Phi) is 3.61. The van der Waals surface area contributed by atoms with E-state index in [9.17, 15) is 5.11 Å².